The van der Waals surface area contributed by atoms with Gasteiger partial charge >= 0.3 is 0 Å². The molecule has 0 fully saturated rings. The summed E-state index contributed by atoms with van der Waals surface area (Å²) in [6, 6.07) is 13.9. The molecular weight excluding hydrogens is 270 g/mol. The molecule has 0 saturated carbocycles. The average Bonchev–Trinajstić information content (AvgIpc) is 2.52. The molecule has 2 aromatic carbocycles. The molecular formula is C15H17N3O3. The van der Waals surface area contributed by atoms with Gasteiger partial charge in [0.1, 0.15) is 12.4 Å². The number of nitrogens with two attached hydrogens (primary N) is 1. The molecule has 6 nitrogen and oxygen atoms in total. The Morgan fingerprint density at radius 3 is 2.33 bits per heavy atom. The number of nitro groups is 1. The molecule has 3 N–H and O–H groups in total. The molecule has 0 spiro atoms. The first kappa shape index (κ1) is 14.8. The number of nitrogens with one attached hydrogen (secondary N) is 1. The Balaban J connectivity index is 1.88. The molecule has 0 aromatic heterocycles. The highest BCUT2D eigenvalue weighted by Crippen LogP contribution is 2.18. The second-order valence-corrected chi connectivity index (χ2v) is 4.45. The number of nitrogens with zero attached hydrogens (tertiary/aromatic N) is 1. The van der Waals surface area contributed by atoms with E-state index in [2.05, 4.69) is 5.32 Å². The Morgan fingerprint density at radius 2 is 1.76 bits per heavy atom. The van der Waals surface area contributed by atoms with E-state index >= 15 is 0 Å². The highest BCUT2D eigenvalue weighted by atomic mass is 16.6. The van der Waals surface area contributed by atoms with Crippen molar-refractivity contribution in [3.8, 4) is 5.75 Å². The summed E-state index contributed by atoms with van der Waals surface area (Å²) in [5.41, 5.74) is 7.37. The zero-order valence-electron chi connectivity index (χ0n) is 11.5. The van der Waals surface area contributed by atoms with Crippen LogP contribution in [-0.4, -0.2) is 18.0 Å². The van der Waals surface area contributed by atoms with E-state index in [0.29, 0.717) is 13.2 Å². The number of non-ortho nitro benzene ring substituents is 1. The summed E-state index contributed by atoms with van der Waals surface area (Å²) in [7, 11) is 0. The number of anilines is 1. The molecule has 0 heterocycles. The molecule has 110 valence electrons. The predicted molar refractivity (Wildman–Crippen MR) is 81.4 cm³/mol. The molecule has 6 heteroatoms. The first-order chi connectivity index (χ1) is 10.2. The molecule has 0 bridgehead atoms. The number of benzene rings is 2. The van der Waals surface area contributed by atoms with Crippen LogP contribution in [0.3, 0.4) is 0 Å². The lowest BCUT2D eigenvalue weighted by Gasteiger charge is -2.08. The van der Waals surface area contributed by atoms with E-state index in [-0.39, 0.29) is 5.69 Å². The van der Waals surface area contributed by atoms with Crippen LogP contribution in [-0.2, 0) is 6.61 Å². The van der Waals surface area contributed by atoms with E-state index in [0.717, 1.165) is 23.5 Å². The van der Waals surface area contributed by atoms with E-state index in [1.165, 1.54) is 12.1 Å². The minimum atomic E-state index is -0.419. The van der Waals surface area contributed by atoms with Crippen molar-refractivity contribution in [3.05, 3.63) is 64.2 Å². The van der Waals surface area contributed by atoms with Gasteiger partial charge in [0, 0.05) is 30.9 Å². The van der Waals surface area contributed by atoms with E-state index in [9.17, 15) is 10.1 Å². The van der Waals surface area contributed by atoms with Gasteiger partial charge in [-0.25, -0.2) is 0 Å². The van der Waals surface area contributed by atoms with Crippen molar-refractivity contribution in [2.24, 2.45) is 5.73 Å². The van der Waals surface area contributed by atoms with Gasteiger partial charge in [0.25, 0.3) is 5.69 Å². The van der Waals surface area contributed by atoms with Gasteiger partial charge in [-0.05, 0) is 42.0 Å². The Morgan fingerprint density at radius 1 is 1.10 bits per heavy atom. The van der Waals surface area contributed by atoms with Crippen LogP contribution >= 0.6 is 0 Å². The molecule has 0 aliphatic rings. The predicted octanol–water partition coefficient (Wildman–Crippen LogP) is 2.54. The summed E-state index contributed by atoms with van der Waals surface area (Å²) >= 11 is 0. The fraction of sp³-hybridized carbons (Fsp3) is 0.200. The van der Waals surface area contributed by atoms with Crippen molar-refractivity contribution in [1.29, 1.82) is 0 Å². The van der Waals surface area contributed by atoms with Crippen molar-refractivity contribution >= 4 is 11.4 Å². The van der Waals surface area contributed by atoms with Crippen LogP contribution in [0.2, 0.25) is 0 Å². The lowest BCUT2D eigenvalue weighted by molar-refractivity contribution is -0.384. The Hall–Kier alpha value is -2.60. The van der Waals surface area contributed by atoms with Gasteiger partial charge in [0.15, 0.2) is 0 Å². The highest BCUT2D eigenvalue weighted by molar-refractivity contribution is 5.46. The molecule has 0 aliphatic heterocycles. The van der Waals surface area contributed by atoms with E-state index in [4.69, 9.17) is 10.5 Å². The first-order valence-corrected chi connectivity index (χ1v) is 6.59. The summed E-state index contributed by atoms with van der Waals surface area (Å²) in [4.78, 5) is 10.1. The van der Waals surface area contributed by atoms with Crippen molar-refractivity contribution in [3.63, 3.8) is 0 Å². The maximum atomic E-state index is 10.6. The van der Waals surface area contributed by atoms with Gasteiger partial charge in [0.05, 0.1) is 4.92 Å². The molecule has 21 heavy (non-hydrogen) atoms. The van der Waals surface area contributed by atoms with E-state index < -0.39 is 4.92 Å². The van der Waals surface area contributed by atoms with Gasteiger partial charge < -0.3 is 15.8 Å². The quantitative estimate of drug-likeness (QED) is 0.603. The lowest BCUT2D eigenvalue weighted by atomic mass is 10.2. The topological polar surface area (TPSA) is 90.4 Å². The average molecular weight is 287 g/mol. The van der Waals surface area contributed by atoms with Crippen LogP contribution in [0, 0.1) is 10.1 Å². The molecule has 0 aliphatic carbocycles. The highest BCUT2D eigenvalue weighted by Gasteiger charge is 2.04. The number of hydrogen-bond donors (Lipinski definition) is 2. The molecule has 0 amide bonds. The second-order valence-electron chi connectivity index (χ2n) is 4.45. The van der Waals surface area contributed by atoms with Gasteiger partial charge in [-0.2, -0.15) is 0 Å². The maximum absolute atomic E-state index is 10.6. The molecule has 2 aromatic rings. The van der Waals surface area contributed by atoms with Crippen molar-refractivity contribution in [1.82, 2.24) is 0 Å². The van der Waals surface area contributed by atoms with Gasteiger partial charge in [-0.15, -0.1) is 0 Å². The molecule has 0 radical (unpaired) electrons. The summed E-state index contributed by atoms with van der Waals surface area (Å²) in [6.45, 7) is 1.68. The summed E-state index contributed by atoms with van der Waals surface area (Å²) in [5, 5.41) is 13.7. The van der Waals surface area contributed by atoms with Crippen LogP contribution in [0.5, 0.6) is 5.75 Å². The molecule has 0 unspecified atom stereocenters. The van der Waals surface area contributed by atoms with Crippen molar-refractivity contribution in [2.45, 2.75) is 6.61 Å². The first-order valence-electron chi connectivity index (χ1n) is 6.59. The number of hydrogen-bond acceptors (Lipinski definition) is 5. The van der Waals surface area contributed by atoms with Crippen LogP contribution in [0.4, 0.5) is 11.4 Å². The second kappa shape index (κ2) is 7.25. The Bertz CT molecular complexity index is 582. The third kappa shape index (κ3) is 4.47. The van der Waals surface area contributed by atoms with Gasteiger partial charge in [-0.1, -0.05) is 0 Å². The van der Waals surface area contributed by atoms with Crippen LogP contribution in [0.25, 0.3) is 0 Å². The number of ether oxygens (including phenoxy) is 1. The SMILES string of the molecule is NCCNc1ccc(OCc2ccc([N+](=O)[O-])cc2)cc1. The minimum Gasteiger partial charge on any atom is -0.489 e. The molecule has 0 atom stereocenters. The molecule has 0 saturated heterocycles. The van der Waals surface area contributed by atoms with Crippen molar-refractivity contribution < 1.29 is 9.66 Å². The van der Waals surface area contributed by atoms with Crippen LogP contribution < -0.4 is 15.8 Å². The normalized spacial score (nSPS) is 10.1. The van der Waals surface area contributed by atoms with Crippen molar-refractivity contribution in [2.75, 3.05) is 18.4 Å². The molecule has 2 rings (SSSR count). The number of rotatable bonds is 7. The summed E-state index contributed by atoms with van der Waals surface area (Å²) in [5.74, 6) is 0.742. The van der Waals surface area contributed by atoms with Gasteiger partial charge in [-0.3, -0.25) is 10.1 Å². The van der Waals surface area contributed by atoms with Crippen LogP contribution in [0.1, 0.15) is 5.56 Å². The Labute approximate surface area is 122 Å². The Kier molecular flexibility index (Phi) is 5.11. The van der Waals surface area contributed by atoms with E-state index in [1.807, 2.05) is 24.3 Å². The van der Waals surface area contributed by atoms with Gasteiger partial charge in [0.2, 0.25) is 0 Å². The third-order valence-corrected chi connectivity index (χ3v) is 2.88. The number of nitro benzene ring substituents is 1. The van der Waals surface area contributed by atoms with E-state index in [1.54, 1.807) is 12.1 Å². The fourth-order valence-corrected chi connectivity index (χ4v) is 1.77. The smallest absolute Gasteiger partial charge is 0.269 e. The lowest BCUT2D eigenvalue weighted by Crippen LogP contribution is -2.12. The standard InChI is InChI=1S/C15H17N3O3/c16-9-10-17-13-3-7-15(8-4-13)21-11-12-1-5-14(6-2-12)18(19)20/h1-8,17H,9-11,16H2. The monoisotopic (exact) mass is 287 g/mol. The maximum Gasteiger partial charge on any atom is 0.269 e. The summed E-state index contributed by atoms with van der Waals surface area (Å²) < 4.78 is 5.63. The minimum absolute atomic E-state index is 0.0779. The zero-order valence-corrected chi connectivity index (χ0v) is 11.5. The largest absolute Gasteiger partial charge is 0.489 e. The van der Waals surface area contributed by atoms with Crippen LogP contribution in [0.15, 0.2) is 48.5 Å². The third-order valence-electron chi connectivity index (χ3n) is 2.88. The zero-order chi connectivity index (χ0) is 15.1. The fourth-order valence-electron chi connectivity index (χ4n) is 1.77. The summed E-state index contributed by atoms with van der Waals surface area (Å²) in [6.07, 6.45) is 0.